The summed E-state index contributed by atoms with van der Waals surface area (Å²) in [6.45, 7) is 1.83. The van der Waals surface area contributed by atoms with Crippen LogP contribution in [0.3, 0.4) is 0 Å². The SMILES string of the molecule is C[C@H](Oc1cc(I)cnc1N)c1cc(F)ccc1Br. The van der Waals surface area contributed by atoms with Crippen LogP contribution in [0.25, 0.3) is 0 Å². The molecule has 1 aromatic carbocycles. The van der Waals surface area contributed by atoms with Gasteiger partial charge in [-0.25, -0.2) is 9.37 Å². The molecule has 2 N–H and O–H groups in total. The highest BCUT2D eigenvalue weighted by Crippen LogP contribution is 2.30. The quantitative estimate of drug-likeness (QED) is 0.729. The van der Waals surface area contributed by atoms with Gasteiger partial charge in [-0.3, -0.25) is 0 Å². The molecule has 0 saturated heterocycles. The number of pyridine rings is 1. The number of nitrogens with zero attached hydrogens (tertiary/aromatic N) is 1. The summed E-state index contributed by atoms with van der Waals surface area (Å²) in [7, 11) is 0. The topological polar surface area (TPSA) is 48.1 Å². The number of halogens is 3. The Kier molecular flexibility index (Phi) is 4.62. The van der Waals surface area contributed by atoms with E-state index in [-0.39, 0.29) is 11.9 Å². The number of benzene rings is 1. The van der Waals surface area contributed by atoms with Crippen molar-refractivity contribution in [2.75, 3.05) is 5.73 Å². The van der Waals surface area contributed by atoms with E-state index in [9.17, 15) is 4.39 Å². The van der Waals surface area contributed by atoms with Crippen molar-refractivity contribution >= 4 is 44.3 Å². The van der Waals surface area contributed by atoms with Crippen LogP contribution in [0, 0.1) is 9.39 Å². The Morgan fingerprint density at radius 3 is 2.89 bits per heavy atom. The Balaban J connectivity index is 2.27. The molecule has 0 unspecified atom stereocenters. The van der Waals surface area contributed by atoms with E-state index in [0.717, 1.165) is 13.6 Å². The molecule has 3 nitrogen and oxygen atoms in total. The molecule has 0 radical (unpaired) electrons. The second-order valence-corrected chi connectivity index (χ2v) is 6.06. The average molecular weight is 437 g/mol. The molecule has 0 bridgehead atoms. The maximum atomic E-state index is 13.3. The first-order chi connectivity index (χ1) is 8.97. The van der Waals surface area contributed by atoms with Crippen molar-refractivity contribution in [3.05, 3.63) is 49.9 Å². The standard InChI is InChI=1S/C13H11BrFIN2O/c1-7(10-4-8(15)2-3-11(10)14)19-12-5-9(16)6-18-13(12)17/h2-7H,1H3,(H2,17,18)/t7-/m0/s1. The minimum Gasteiger partial charge on any atom is -0.482 e. The number of hydrogen-bond donors (Lipinski definition) is 1. The van der Waals surface area contributed by atoms with E-state index in [1.165, 1.54) is 12.1 Å². The van der Waals surface area contributed by atoms with Crippen LogP contribution in [0.1, 0.15) is 18.6 Å². The first-order valence-electron chi connectivity index (χ1n) is 5.50. The van der Waals surface area contributed by atoms with E-state index in [1.54, 1.807) is 18.3 Å². The minimum atomic E-state index is -0.340. The first kappa shape index (κ1) is 14.5. The summed E-state index contributed by atoms with van der Waals surface area (Å²) in [5.41, 5.74) is 6.48. The molecule has 2 rings (SSSR count). The molecule has 1 atom stereocenters. The molecule has 0 spiro atoms. The van der Waals surface area contributed by atoms with Gasteiger partial charge in [-0.1, -0.05) is 15.9 Å². The van der Waals surface area contributed by atoms with Gasteiger partial charge >= 0.3 is 0 Å². The van der Waals surface area contributed by atoms with Crippen LogP contribution in [0.4, 0.5) is 10.2 Å². The third kappa shape index (κ3) is 3.56. The number of rotatable bonds is 3. The molecule has 0 aliphatic rings. The molecule has 0 aliphatic heterocycles. The van der Waals surface area contributed by atoms with Crippen LogP contribution < -0.4 is 10.5 Å². The van der Waals surface area contributed by atoms with Crippen LogP contribution in [0.2, 0.25) is 0 Å². The van der Waals surface area contributed by atoms with E-state index in [2.05, 4.69) is 43.5 Å². The highest BCUT2D eigenvalue weighted by molar-refractivity contribution is 14.1. The van der Waals surface area contributed by atoms with E-state index in [1.807, 2.05) is 6.92 Å². The normalized spacial score (nSPS) is 12.2. The minimum absolute atomic E-state index is 0.303. The van der Waals surface area contributed by atoms with Crippen LogP contribution in [0.15, 0.2) is 34.9 Å². The number of hydrogen-bond acceptors (Lipinski definition) is 3. The molecule has 0 aliphatic carbocycles. The zero-order valence-electron chi connectivity index (χ0n) is 10.0. The highest BCUT2D eigenvalue weighted by atomic mass is 127. The maximum Gasteiger partial charge on any atom is 0.166 e. The monoisotopic (exact) mass is 436 g/mol. The fraction of sp³-hybridized carbons (Fsp3) is 0.154. The number of nitrogen functional groups attached to an aromatic ring is 1. The van der Waals surface area contributed by atoms with E-state index < -0.39 is 0 Å². The summed E-state index contributed by atoms with van der Waals surface area (Å²) in [6, 6.07) is 6.28. The number of aromatic nitrogens is 1. The average Bonchev–Trinajstić information content (AvgIpc) is 2.36. The third-order valence-corrected chi connectivity index (χ3v) is 3.86. The lowest BCUT2D eigenvalue weighted by molar-refractivity contribution is 0.226. The Morgan fingerprint density at radius 2 is 2.16 bits per heavy atom. The van der Waals surface area contributed by atoms with Gasteiger partial charge < -0.3 is 10.5 Å². The molecule has 19 heavy (non-hydrogen) atoms. The van der Waals surface area contributed by atoms with Crippen molar-refractivity contribution in [1.82, 2.24) is 4.98 Å². The fourth-order valence-corrected chi connectivity index (χ4v) is 2.60. The highest BCUT2D eigenvalue weighted by Gasteiger charge is 2.14. The largest absolute Gasteiger partial charge is 0.482 e. The van der Waals surface area contributed by atoms with Crippen molar-refractivity contribution in [2.45, 2.75) is 13.0 Å². The second kappa shape index (κ2) is 6.04. The molecular weight excluding hydrogens is 426 g/mol. The van der Waals surface area contributed by atoms with Gasteiger partial charge in [0, 0.05) is 19.8 Å². The van der Waals surface area contributed by atoms with Crippen LogP contribution in [-0.4, -0.2) is 4.98 Å². The summed E-state index contributed by atoms with van der Waals surface area (Å²) in [5.74, 6) is 0.512. The molecule has 0 fully saturated rings. The van der Waals surface area contributed by atoms with Gasteiger partial charge in [-0.2, -0.15) is 0 Å². The maximum absolute atomic E-state index is 13.3. The van der Waals surface area contributed by atoms with Crippen molar-refractivity contribution in [3.8, 4) is 5.75 Å². The summed E-state index contributed by atoms with van der Waals surface area (Å²) in [6.07, 6.45) is 1.32. The zero-order valence-corrected chi connectivity index (χ0v) is 13.8. The lowest BCUT2D eigenvalue weighted by atomic mass is 10.1. The number of ether oxygens (including phenoxy) is 1. The Labute approximate surface area is 132 Å². The molecular formula is C13H11BrFIN2O. The van der Waals surface area contributed by atoms with Gasteiger partial charge in [0.1, 0.15) is 11.9 Å². The van der Waals surface area contributed by atoms with Crippen LogP contribution in [-0.2, 0) is 0 Å². The Bertz CT molecular complexity index is 609. The molecule has 1 aromatic heterocycles. The van der Waals surface area contributed by atoms with Crippen molar-refractivity contribution in [1.29, 1.82) is 0 Å². The van der Waals surface area contributed by atoms with Crippen LogP contribution in [0.5, 0.6) is 5.75 Å². The van der Waals surface area contributed by atoms with Crippen molar-refractivity contribution in [2.24, 2.45) is 0 Å². The molecule has 0 amide bonds. The van der Waals surface area contributed by atoms with E-state index >= 15 is 0 Å². The van der Waals surface area contributed by atoms with Crippen molar-refractivity contribution < 1.29 is 9.13 Å². The van der Waals surface area contributed by atoms with Gasteiger partial charge in [-0.05, 0) is 53.8 Å². The van der Waals surface area contributed by atoms with Gasteiger partial charge in [0.2, 0.25) is 0 Å². The number of nitrogens with two attached hydrogens (primary N) is 1. The first-order valence-corrected chi connectivity index (χ1v) is 7.37. The van der Waals surface area contributed by atoms with Gasteiger partial charge in [-0.15, -0.1) is 0 Å². The summed E-state index contributed by atoms with van der Waals surface area (Å²) >= 11 is 5.51. The second-order valence-electron chi connectivity index (χ2n) is 3.96. The van der Waals surface area contributed by atoms with E-state index in [4.69, 9.17) is 10.5 Å². The summed E-state index contributed by atoms with van der Waals surface area (Å²) < 4.78 is 20.7. The van der Waals surface area contributed by atoms with Gasteiger partial charge in [0.15, 0.2) is 11.6 Å². The van der Waals surface area contributed by atoms with Crippen molar-refractivity contribution in [3.63, 3.8) is 0 Å². The van der Waals surface area contributed by atoms with Gasteiger partial charge in [0.05, 0.1) is 0 Å². The fourth-order valence-electron chi connectivity index (χ4n) is 1.61. The Hall–Kier alpha value is -0.890. The molecule has 2 aromatic rings. The third-order valence-electron chi connectivity index (χ3n) is 2.55. The lowest BCUT2D eigenvalue weighted by Crippen LogP contribution is -2.07. The smallest absolute Gasteiger partial charge is 0.166 e. The molecule has 100 valence electrons. The van der Waals surface area contributed by atoms with Crippen LogP contribution >= 0.6 is 38.5 Å². The lowest BCUT2D eigenvalue weighted by Gasteiger charge is -2.17. The summed E-state index contributed by atoms with van der Waals surface area (Å²) in [5, 5.41) is 0. The van der Waals surface area contributed by atoms with Gasteiger partial charge in [0.25, 0.3) is 0 Å². The molecule has 0 saturated carbocycles. The molecule has 6 heteroatoms. The predicted molar refractivity (Wildman–Crippen MR) is 84.5 cm³/mol. The number of anilines is 1. The zero-order chi connectivity index (χ0) is 14.0. The summed E-state index contributed by atoms with van der Waals surface area (Å²) in [4.78, 5) is 4.02. The molecule has 1 heterocycles. The Morgan fingerprint density at radius 1 is 1.42 bits per heavy atom. The predicted octanol–water partition coefficient (Wildman–Crippen LogP) is 4.31. The van der Waals surface area contributed by atoms with E-state index in [0.29, 0.717) is 11.6 Å².